The highest BCUT2D eigenvalue weighted by Gasteiger charge is 2.36. The third-order valence-corrected chi connectivity index (χ3v) is 6.39. The lowest BCUT2D eigenvalue weighted by atomic mass is 10.0. The average Bonchev–Trinajstić information content (AvgIpc) is 3.29. The van der Waals surface area contributed by atoms with Crippen molar-refractivity contribution in [1.29, 1.82) is 0 Å². The van der Waals surface area contributed by atoms with Crippen molar-refractivity contribution in [3.8, 4) is 0 Å². The zero-order chi connectivity index (χ0) is 25.4. The number of nitrogens with zero attached hydrogens (tertiary/aromatic N) is 3. The molecule has 0 bridgehead atoms. The zero-order valence-electron chi connectivity index (χ0n) is 21.1. The smallest absolute Gasteiger partial charge is 0.326 e. The minimum Gasteiger partial charge on any atom is -0.462 e. The number of imide groups is 1. The molecule has 4 rings (SSSR count). The van der Waals surface area contributed by atoms with Gasteiger partial charge in [0.2, 0.25) is 6.67 Å². The van der Waals surface area contributed by atoms with Gasteiger partial charge in [-0.15, -0.1) is 0 Å². The molecule has 2 amide bonds. The normalized spacial score (nSPS) is 17.7. The number of aryl methyl sites for hydroxylation is 6. The van der Waals surface area contributed by atoms with Gasteiger partial charge in [-0.3, -0.25) is 19.3 Å². The monoisotopic (exact) mass is 473 g/mol. The van der Waals surface area contributed by atoms with Crippen molar-refractivity contribution in [1.82, 2.24) is 4.90 Å². The van der Waals surface area contributed by atoms with Gasteiger partial charge >= 0.3 is 5.97 Å². The second-order valence-corrected chi connectivity index (χ2v) is 9.51. The number of benzene rings is 2. The van der Waals surface area contributed by atoms with E-state index in [0.29, 0.717) is 6.54 Å². The van der Waals surface area contributed by atoms with E-state index in [0.717, 1.165) is 50.7 Å². The van der Waals surface area contributed by atoms with E-state index in [1.807, 2.05) is 0 Å². The first-order chi connectivity index (χ1) is 16.5. The Hall–Kier alpha value is -3.61. The van der Waals surface area contributed by atoms with E-state index in [1.54, 1.807) is 0 Å². The van der Waals surface area contributed by atoms with E-state index in [-0.39, 0.29) is 12.6 Å². The Kier molecular flexibility index (Phi) is 6.70. The van der Waals surface area contributed by atoms with Crippen LogP contribution in [0.5, 0.6) is 0 Å². The second kappa shape index (κ2) is 9.56. The molecule has 0 aromatic heterocycles. The first-order valence-corrected chi connectivity index (χ1v) is 11.7. The maximum atomic E-state index is 12.5. The molecule has 0 spiro atoms. The minimum absolute atomic E-state index is 0.0999. The molecule has 1 saturated heterocycles. The number of rotatable bonds is 6. The average molecular weight is 474 g/mol. The van der Waals surface area contributed by atoms with Gasteiger partial charge in [0.05, 0.1) is 6.04 Å². The Bertz CT molecular complexity index is 1170. The molecule has 0 N–H and O–H groups in total. The van der Waals surface area contributed by atoms with Gasteiger partial charge in [-0.05, 0) is 63.8 Å². The molecule has 1 unspecified atom stereocenters. The summed E-state index contributed by atoms with van der Waals surface area (Å²) < 4.78 is 5.58. The summed E-state index contributed by atoms with van der Waals surface area (Å²) in [6.07, 6.45) is 2.32. The van der Waals surface area contributed by atoms with E-state index in [9.17, 15) is 14.4 Å². The van der Waals surface area contributed by atoms with Gasteiger partial charge in [0.1, 0.15) is 13.2 Å². The van der Waals surface area contributed by atoms with Crippen LogP contribution < -0.4 is 9.80 Å². The van der Waals surface area contributed by atoms with Crippen LogP contribution >= 0.6 is 0 Å². The quantitative estimate of drug-likeness (QED) is 0.471. The summed E-state index contributed by atoms with van der Waals surface area (Å²) in [5.74, 6) is -1.62. The summed E-state index contributed by atoms with van der Waals surface area (Å²) >= 11 is 0. The van der Waals surface area contributed by atoms with Gasteiger partial charge in [0, 0.05) is 30.1 Å². The molecule has 1 atom stereocenters. The molecule has 7 nitrogen and oxygen atoms in total. The Labute approximate surface area is 207 Å². The van der Waals surface area contributed by atoms with Crippen molar-refractivity contribution >= 4 is 29.2 Å². The zero-order valence-corrected chi connectivity index (χ0v) is 21.1. The number of esters is 1. The Morgan fingerprint density at radius 2 is 1.34 bits per heavy atom. The van der Waals surface area contributed by atoms with Crippen molar-refractivity contribution < 1.29 is 19.1 Å². The fraction of sp³-hybridized carbons (Fsp3) is 0.357. The third-order valence-electron chi connectivity index (χ3n) is 6.39. The minimum atomic E-state index is -0.617. The lowest BCUT2D eigenvalue weighted by molar-refractivity contribution is -0.151. The van der Waals surface area contributed by atoms with Gasteiger partial charge in [-0.25, -0.2) is 0 Å². The fourth-order valence-corrected chi connectivity index (χ4v) is 5.15. The summed E-state index contributed by atoms with van der Waals surface area (Å²) in [5, 5.41) is 0. The van der Waals surface area contributed by atoms with E-state index in [1.165, 1.54) is 11.1 Å². The molecule has 2 aliphatic rings. The number of carbonyl (C=O) groups excluding carboxylic acids is 3. The van der Waals surface area contributed by atoms with Crippen molar-refractivity contribution in [2.45, 2.75) is 47.6 Å². The predicted octanol–water partition coefficient (Wildman–Crippen LogP) is 3.70. The van der Waals surface area contributed by atoms with Gasteiger partial charge in [-0.1, -0.05) is 35.4 Å². The molecule has 2 aromatic carbocycles. The standard InChI is InChI=1S/C28H31N3O4/c1-17-9-19(3)27(20(4)10-17)29-13-23(15-35-26(34)14-30-24(32)7-8-25(30)33)31(16-29)28-21(5)11-18(2)12-22(28)6/h7-12,23H,13-15H2,1-6H3. The number of anilines is 2. The molecule has 2 radical (unpaired) electrons. The molecular formula is C28H31N3O4. The van der Waals surface area contributed by atoms with Crippen LogP contribution in [0.4, 0.5) is 11.4 Å². The van der Waals surface area contributed by atoms with E-state index < -0.39 is 24.3 Å². The Morgan fingerprint density at radius 3 is 1.86 bits per heavy atom. The highest BCUT2D eigenvalue weighted by Crippen LogP contribution is 2.37. The van der Waals surface area contributed by atoms with Crippen LogP contribution in [0.15, 0.2) is 36.4 Å². The largest absolute Gasteiger partial charge is 0.462 e. The molecule has 0 saturated carbocycles. The van der Waals surface area contributed by atoms with Crippen LogP contribution in [0.2, 0.25) is 0 Å². The molecule has 2 heterocycles. The predicted molar refractivity (Wildman–Crippen MR) is 135 cm³/mol. The van der Waals surface area contributed by atoms with Crippen LogP contribution in [-0.4, -0.2) is 48.4 Å². The van der Waals surface area contributed by atoms with Crippen LogP contribution in [0.3, 0.4) is 0 Å². The van der Waals surface area contributed by atoms with Crippen molar-refractivity contribution in [2.75, 3.05) is 29.5 Å². The lowest BCUT2D eigenvalue weighted by Crippen LogP contribution is -2.39. The second-order valence-electron chi connectivity index (χ2n) is 9.51. The third kappa shape index (κ3) is 4.94. The number of ether oxygens (including phenoxy) is 1. The number of carbonyl (C=O) groups is 3. The fourth-order valence-electron chi connectivity index (χ4n) is 5.15. The van der Waals surface area contributed by atoms with Crippen molar-refractivity contribution in [3.63, 3.8) is 0 Å². The molecule has 182 valence electrons. The highest BCUT2D eigenvalue weighted by atomic mass is 16.5. The van der Waals surface area contributed by atoms with Crippen LogP contribution in [0, 0.1) is 48.2 Å². The van der Waals surface area contributed by atoms with Gasteiger partial charge in [0.25, 0.3) is 11.8 Å². The summed E-state index contributed by atoms with van der Waals surface area (Å²) in [6.45, 7) is 16.3. The van der Waals surface area contributed by atoms with Gasteiger partial charge in [-0.2, -0.15) is 0 Å². The number of amides is 2. The summed E-state index contributed by atoms with van der Waals surface area (Å²) in [4.78, 5) is 41.1. The van der Waals surface area contributed by atoms with E-state index >= 15 is 0 Å². The molecule has 35 heavy (non-hydrogen) atoms. The highest BCUT2D eigenvalue weighted by molar-refractivity contribution is 6.14. The van der Waals surface area contributed by atoms with Crippen LogP contribution in [0.1, 0.15) is 33.4 Å². The Morgan fingerprint density at radius 1 is 0.857 bits per heavy atom. The Balaban J connectivity index is 1.58. The summed E-state index contributed by atoms with van der Waals surface area (Å²) in [7, 11) is 0. The van der Waals surface area contributed by atoms with Crippen LogP contribution in [0.25, 0.3) is 0 Å². The van der Waals surface area contributed by atoms with Gasteiger partial charge < -0.3 is 14.5 Å². The topological polar surface area (TPSA) is 70.2 Å². The van der Waals surface area contributed by atoms with Crippen molar-refractivity contribution in [2.24, 2.45) is 0 Å². The maximum absolute atomic E-state index is 12.5. The molecule has 2 aliphatic heterocycles. The number of hydrogen-bond donors (Lipinski definition) is 0. The first-order valence-electron chi connectivity index (χ1n) is 11.7. The summed E-state index contributed by atoms with van der Waals surface area (Å²) in [6, 6.07) is 8.39. The number of hydrogen-bond acceptors (Lipinski definition) is 6. The molecule has 7 heteroatoms. The van der Waals surface area contributed by atoms with Crippen LogP contribution in [-0.2, 0) is 19.1 Å². The SMILES string of the molecule is Cc1cc(C)c(N2[C]N(c3c(C)cc(C)cc3C)C(COC(=O)CN3C(=O)C=CC3=O)C2)c(C)c1. The van der Waals surface area contributed by atoms with E-state index in [2.05, 4.69) is 82.3 Å². The maximum Gasteiger partial charge on any atom is 0.326 e. The first kappa shape index (κ1) is 24.5. The molecule has 1 fully saturated rings. The molecular weight excluding hydrogens is 442 g/mol. The lowest BCUT2D eigenvalue weighted by Gasteiger charge is -2.28. The molecule has 0 aliphatic carbocycles. The molecule has 2 aromatic rings. The van der Waals surface area contributed by atoms with Gasteiger partial charge in [0.15, 0.2) is 0 Å². The van der Waals surface area contributed by atoms with E-state index in [4.69, 9.17) is 4.74 Å². The summed E-state index contributed by atoms with van der Waals surface area (Å²) in [5.41, 5.74) is 9.06. The van der Waals surface area contributed by atoms with Crippen molar-refractivity contribution in [3.05, 3.63) is 76.5 Å².